The molecule has 4 heteroatoms. The molecule has 12 heavy (non-hydrogen) atoms. The van der Waals surface area contributed by atoms with Gasteiger partial charge in [-0.05, 0) is 21.8 Å². The summed E-state index contributed by atoms with van der Waals surface area (Å²) in [7, 11) is 0. The van der Waals surface area contributed by atoms with E-state index in [0.717, 1.165) is 16.1 Å². The highest BCUT2D eigenvalue weighted by Crippen LogP contribution is 2.21. The maximum atomic E-state index is 8.68. The molecule has 0 amide bonds. The molecular weight excluding hydrogens is 220 g/mol. The minimum absolute atomic E-state index is 0.136. The van der Waals surface area contributed by atoms with E-state index in [2.05, 4.69) is 39.7 Å². The van der Waals surface area contributed by atoms with Gasteiger partial charge >= 0.3 is 0 Å². The maximum Gasteiger partial charge on any atom is 0.127 e. The van der Waals surface area contributed by atoms with Crippen molar-refractivity contribution in [2.24, 2.45) is 0 Å². The summed E-state index contributed by atoms with van der Waals surface area (Å²) < 4.78 is 0.862. The van der Waals surface area contributed by atoms with Crippen LogP contribution in [0.15, 0.2) is 4.60 Å². The minimum Gasteiger partial charge on any atom is -0.396 e. The zero-order valence-corrected chi connectivity index (χ0v) is 8.85. The van der Waals surface area contributed by atoms with Gasteiger partial charge in [0.15, 0.2) is 0 Å². The van der Waals surface area contributed by atoms with E-state index in [-0.39, 0.29) is 6.61 Å². The Morgan fingerprint density at radius 1 is 1.58 bits per heavy atom. The third-order valence-electron chi connectivity index (χ3n) is 1.66. The molecule has 1 rings (SSSR count). The average molecular weight is 233 g/mol. The molecule has 1 aromatic heterocycles. The molecule has 0 aromatic carbocycles. The second-order valence-electron chi connectivity index (χ2n) is 3.02. The maximum absolute atomic E-state index is 8.68. The van der Waals surface area contributed by atoms with Gasteiger partial charge in [0.1, 0.15) is 10.4 Å². The number of hydrogen-bond acceptors (Lipinski definition) is 2. The Morgan fingerprint density at radius 3 is 2.67 bits per heavy atom. The number of aromatic amines is 1. The molecule has 0 aliphatic carbocycles. The van der Waals surface area contributed by atoms with Crippen LogP contribution in [0.4, 0.5) is 0 Å². The van der Waals surface area contributed by atoms with Crippen LogP contribution in [-0.2, 0) is 6.42 Å². The van der Waals surface area contributed by atoms with Crippen molar-refractivity contribution in [3.63, 3.8) is 0 Å². The van der Waals surface area contributed by atoms with Gasteiger partial charge in [0, 0.05) is 6.42 Å². The normalized spacial score (nSPS) is 11.1. The van der Waals surface area contributed by atoms with Gasteiger partial charge in [0.05, 0.1) is 12.3 Å². The monoisotopic (exact) mass is 232 g/mol. The summed E-state index contributed by atoms with van der Waals surface area (Å²) in [5.74, 6) is 1.27. The standard InChI is InChI=1S/C8H13BrN2O/c1-5(2)7-8(9)11-6(10-7)3-4-12/h5,12H,3-4H2,1-2H3,(H,10,11). The molecule has 0 bridgehead atoms. The summed E-state index contributed by atoms with van der Waals surface area (Å²) in [6.07, 6.45) is 0.589. The number of nitrogens with one attached hydrogen (secondary N) is 1. The van der Waals surface area contributed by atoms with E-state index in [4.69, 9.17) is 5.11 Å². The lowest BCUT2D eigenvalue weighted by atomic mass is 10.2. The Morgan fingerprint density at radius 2 is 2.25 bits per heavy atom. The van der Waals surface area contributed by atoms with Gasteiger partial charge in [-0.25, -0.2) is 4.98 Å². The molecule has 0 radical (unpaired) electrons. The fourth-order valence-electron chi connectivity index (χ4n) is 1.02. The molecule has 0 aliphatic rings. The van der Waals surface area contributed by atoms with E-state index < -0.39 is 0 Å². The van der Waals surface area contributed by atoms with E-state index in [1.165, 1.54) is 0 Å². The molecule has 0 unspecified atom stereocenters. The van der Waals surface area contributed by atoms with Gasteiger partial charge in [-0.15, -0.1) is 0 Å². The number of imidazole rings is 1. The van der Waals surface area contributed by atoms with E-state index in [1.807, 2.05) is 0 Å². The van der Waals surface area contributed by atoms with Gasteiger partial charge in [-0.1, -0.05) is 13.8 Å². The zero-order valence-electron chi connectivity index (χ0n) is 7.26. The highest BCUT2D eigenvalue weighted by atomic mass is 79.9. The van der Waals surface area contributed by atoms with Crippen LogP contribution in [0.25, 0.3) is 0 Å². The summed E-state index contributed by atoms with van der Waals surface area (Å²) >= 11 is 3.36. The molecule has 0 atom stereocenters. The molecule has 1 heterocycles. The van der Waals surface area contributed by atoms with E-state index in [9.17, 15) is 0 Å². The highest BCUT2D eigenvalue weighted by molar-refractivity contribution is 9.10. The third kappa shape index (κ3) is 2.08. The lowest BCUT2D eigenvalue weighted by Crippen LogP contribution is -1.93. The van der Waals surface area contributed by atoms with Gasteiger partial charge in [-0.3, -0.25) is 0 Å². The van der Waals surface area contributed by atoms with Gasteiger partial charge < -0.3 is 10.1 Å². The first kappa shape index (κ1) is 9.74. The third-order valence-corrected chi connectivity index (χ3v) is 2.26. The quantitative estimate of drug-likeness (QED) is 0.836. The van der Waals surface area contributed by atoms with Crippen molar-refractivity contribution in [1.82, 2.24) is 9.97 Å². The number of halogens is 1. The van der Waals surface area contributed by atoms with Crippen LogP contribution >= 0.6 is 15.9 Å². The second kappa shape index (κ2) is 4.05. The Labute approximate surface area is 80.3 Å². The van der Waals surface area contributed by atoms with E-state index >= 15 is 0 Å². The molecule has 3 nitrogen and oxygen atoms in total. The van der Waals surface area contributed by atoms with Crippen LogP contribution in [0.5, 0.6) is 0 Å². The predicted molar refractivity (Wildman–Crippen MR) is 51.2 cm³/mol. The first-order chi connectivity index (χ1) is 5.65. The number of aromatic nitrogens is 2. The number of nitrogens with zero attached hydrogens (tertiary/aromatic N) is 1. The topological polar surface area (TPSA) is 48.9 Å². The lowest BCUT2D eigenvalue weighted by Gasteiger charge is -1.99. The van der Waals surface area contributed by atoms with Crippen molar-refractivity contribution in [3.05, 3.63) is 16.1 Å². The Kier molecular flexibility index (Phi) is 3.29. The lowest BCUT2D eigenvalue weighted by molar-refractivity contribution is 0.297. The SMILES string of the molecule is CC(C)c1[nH]c(CCO)nc1Br. The van der Waals surface area contributed by atoms with Crippen molar-refractivity contribution < 1.29 is 5.11 Å². The largest absolute Gasteiger partial charge is 0.396 e. The molecule has 0 fully saturated rings. The fraction of sp³-hybridized carbons (Fsp3) is 0.625. The fourth-order valence-corrected chi connectivity index (χ4v) is 1.79. The smallest absolute Gasteiger partial charge is 0.127 e. The number of H-pyrrole nitrogens is 1. The molecule has 0 saturated carbocycles. The summed E-state index contributed by atoms with van der Waals surface area (Å²) in [6.45, 7) is 4.33. The number of rotatable bonds is 3. The predicted octanol–water partition coefficient (Wildman–Crippen LogP) is 1.83. The molecule has 2 N–H and O–H groups in total. The number of hydrogen-bond donors (Lipinski definition) is 2. The van der Waals surface area contributed by atoms with Crippen LogP contribution in [0.1, 0.15) is 31.3 Å². The molecule has 0 saturated heterocycles. The van der Waals surface area contributed by atoms with Crippen molar-refractivity contribution in [1.29, 1.82) is 0 Å². The van der Waals surface area contributed by atoms with Crippen LogP contribution in [0, 0.1) is 0 Å². The van der Waals surface area contributed by atoms with Crippen molar-refractivity contribution >= 4 is 15.9 Å². The van der Waals surface area contributed by atoms with Crippen LogP contribution < -0.4 is 0 Å². The van der Waals surface area contributed by atoms with Gasteiger partial charge in [0.2, 0.25) is 0 Å². The second-order valence-corrected chi connectivity index (χ2v) is 3.77. The van der Waals surface area contributed by atoms with Gasteiger partial charge in [0.25, 0.3) is 0 Å². The minimum atomic E-state index is 0.136. The van der Waals surface area contributed by atoms with Crippen molar-refractivity contribution in [2.75, 3.05) is 6.61 Å². The summed E-state index contributed by atoms with van der Waals surface area (Å²) in [5.41, 5.74) is 1.10. The average Bonchev–Trinajstić information content (AvgIpc) is 2.32. The Hall–Kier alpha value is -0.350. The Bertz CT molecular complexity index is 258. The van der Waals surface area contributed by atoms with E-state index in [0.29, 0.717) is 12.3 Å². The molecule has 0 spiro atoms. The molecule has 1 aromatic rings. The van der Waals surface area contributed by atoms with Crippen molar-refractivity contribution in [2.45, 2.75) is 26.2 Å². The van der Waals surface area contributed by atoms with Crippen LogP contribution in [0.3, 0.4) is 0 Å². The molecule has 68 valence electrons. The summed E-state index contributed by atoms with van der Waals surface area (Å²) in [4.78, 5) is 7.39. The Balaban J connectivity index is 2.85. The molecule has 0 aliphatic heterocycles. The number of aliphatic hydroxyl groups excluding tert-OH is 1. The first-order valence-electron chi connectivity index (χ1n) is 4.00. The zero-order chi connectivity index (χ0) is 9.14. The van der Waals surface area contributed by atoms with Crippen LogP contribution in [-0.4, -0.2) is 21.7 Å². The van der Waals surface area contributed by atoms with Crippen molar-refractivity contribution in [3.8, 4) is 0 Å². The number of aliphatic hydroxyl groups is 1. The molecular formula is C8H13BrN2O. The highest BCUT2D eigenvalue weighted by Gasteiger charge is 2.09. The van der Waals surface area contributed by atoms with Crippen LogP contribution in [0.2, 0.25) is 0 Å². The van der Waals surface area contributed by atoms with E-state index in [1.54, 1.807) is 0 Å². The summed E-state index contributed by atoms with van der Waals surface area (Å²) in [5, 5.41) is 8.68. The first-order valence-corrected chi connectivity index (χ1v) is 4.79. The summed E-state index contributed by atoms with van der Waals surface area (Å²) in [6, 6.07) is 0. The van der Waals surface area contributed by atoms with Gasteiger partial charge in [-0.2, -0.15) is 0 Å².